The molecule has 0 aliphatic carbocycles. The number of hydrogen-bond acceptors (Lipinski definition) is 4. The minimum absolute atomic E-state index is 0.115. The Kier molecular flexibility index (Phi) is 16.8. The van der Waals surface area contributed by atoms with E-state index in [9.17, 15) is 4.79 Å². The SMILES string of the molecule is CCCCCCCC/C=C/CCCCCC(=O)OC[C@@H](O)CO. The lowest BCUT2D eigenvalue weighted by atomic mass is 10.1. The van der Waals surface area contributed by atoms with Crippen molar-refractivity contribution in [1.29, 1.82) is 0 Å². The molecule has 0 aromatic heterocycles. The Morgan fingerprint density at radius 3 is 2.13 bits per heavy atom. The molecule has 0 aliphatic heterocycles. The minimum atomic E-state index is -0.962. The molecule has 0 spiro atoms. The predicted octanol–water partition coefficient (Wildman–Crippen LogP) is 4.14. The highest BCUT2D eigenvalue weighted by Crippen LogP contribution is 2.09. The Morgan fingerprint density at radius 1 is 0.957 bits per heavy atom. The summed E-state index contributed by atoms with van der Waals surface area (Å²) in [4.78, 5) is 11.3. The molecule has 0 heterocycles. The summed E-state index contributed by atoms with van der Waals surface area (Å²) in [6.07, 6.45) is 17.2. The van der Waals surface area contributed by atoms with Crippen LogP contribution in [0.1, 0.15) is 84.0 Å². The zero-order chi connectivity index (χ0) is 17.2. The third kappa shape index (κ3) is 17.3. The van der Waals surface area contributed by atoms with Gasteiger partial charge in [-0.05, 0) is 32.1 Å². The van der Waals surface area contributed by atoms with E-state index in [1.165, 1.54) is 44.9 Å². The van der Waals surface area contributed by atoms with Crippen LogP contribution in [0, 0.1) is 0 Å². The molecule has 0 radical (unpaired) electrons. The maximum absolute atomic E-state index is 11.3. The van der Waals surface area contributed by atoms with E-state index in [4.69, 9.17) is 14.9 Å². The molecule has 0 fully saturated rings. The molecular weight excluding hydrogens is 292 g/mol. The molecule has 136 valence electrons. The van der Waals surface area contributed by atoms with Crippen LogP contribution < -0.4 is 0 Å². The van der Waals surface area contributed by atoms with E-state index in [-0.39, 0.29) is 19.2 Å². The molecule has 0 unspecified atom stereocenters. The molecular formula is C19H36O4. The van der Waals surface area contributed by atoms with Crippen LogP contribution in [0.2, 0.25) is 0 Å². The summed E-state index contributed by atoms with van der Waals surface area (Å²) >= 11 is 0. The van der Waals surface area contributed by atoms with E-state index in [0.29, 0.717) is 6.42 Å². The van der Waals surface area contributed by atoms with E-state index >= 15 is 0 Å². The maximum Gasteiger partial charge on any atom is 0.305 e. The molecule has 0 aliphatic rings. The van der Waals surface area contributed by atoms with Crippen molar-refractivity contribution in [2.75, 3.05) is 13.2 Å². The highest BCUT2D eigenvalue weighted by atomic mass is 16.5. The molecule has 0 aromatic carbocycles. The Bertz CT molecular complexity index is 289. The summed E-state index contributed by atoms with van der Waals surface area (Å²) < 4.78 is 4.84. The van der Waals surface area contributed by atoms with Crippen molar-refractivity contribution >= 4 is 5.97 Å². The number of ether oxygens (including phenoxy) is 1. The van der Waals surface area contributed by atoms with Crippen molar-refractivity contribution in [3.8, 4) is 0 Å². The van der Waals surface area contributed by atoms with Gasteiger partial charge in [-0.25, -0.2) is 0 Å². The van der Waals surface area contributed by atoms with Gasteiger partial charge >= 0.3 is 5.97 Å². The van der Waals surface area contributed by atoms with E-state index in [0.717, 1.165) is 25.7 Å². The van der Waals surface area contributed by atoms with E-state index in [1.54, 1.807) is 0 Å². The largest absolute Gasteiger partial charge is 0.463 e. The summed E-state index contributed by atoms with van der Waals surface area (Å²) in [6.45, 7) is 1.75. The van der Waals surface area contributed by atoms with Crippen LogP contribution in [-0.4, -0.2) is 35.5 Å². The fourth-order valence-electron chi connectivity index (χ4n) is 2.30. The van der Waals surface area contributed by atoms with Crippen molar-refractivity contribution in [2.45, 2.75) is 90.1 Å². The smallest absolute Gasteiger partial charge is 0.305 e. The van der Waals surface area contributed by atoms with Gasteiger partial charge in [0.25, 0.3) is 0 Å². The summed E-state index contributed by atoms with van der Waals surface area (Å²) in [5.74, 6) is -0.295. The lowest BCUT2D eigenvalue weighted by Crippen LogP contribution is -2.21. The van der Waals surface area contributed by atoms with Gasteiger partial charge in [0.15, 0.2) is 0 Å². The zero-order valence-corrected chi connectivity index (χ0v) is 14.8. The summed E-state index contributed by atoms with van der Waals surface area (Å²) in [5, 5.41) is 17.7. The van der Waals surface area contributed by atoms with Crippen LogP contribution in [0.4, 0.5) is 0 Å². The van der Waals surface area contributed by atoms with Crippen molar-refractivity contribution in [3.05, 3.63) is 12.2 Å². The molecule has 0 amide bonds. The first kappa shape index (κ1) is 22.1. The van der Waals surface area contributed by atoms with Gasteiger partial charge in [0, 0.05) is 6.42 Å². The third-order valence-corrected chi connectivity index (χ3v) is 3.79. The van der Waals surface area contributed by atoms with Crippen LogP contribution in [0.25, 0.3) is 0 Å². The van der Waals surface area contributed by atoms with Crippen molar-refractivity contribution < 1.29 is 19.7 Å². The molecule has 0 aromatic rings. The average molecular weight is 328 g/mol. The molecule has 0 saturated carbocycles. The second kappa shape index (κ2) is 17.5. The monoisotopic (exact) mass is 328 g/mol. The lowest BCUT2D eigenvalue weighted by Gasteiger charge is -2.08. The van der Waals surface area contributed by atoms with Gasteiger partial charge < -0.3 is 14.9 Å². The number of carbonyl (C=O) groups is 1. The number of esters is 1. The molecule has 1 atom stereocenters. The Morgan fingerprint density at radius 2 is 1.52 bits per heavy atom. The second-order valence-electron chi connectivity index (χ2n) is 6.15. The number of rotatable bonds is 16. The Labute approximate surface area is 141 Å². The van der Waals surface area contributed by atoms with Crippen LogP contribution in [0.15, 0.2) is 12.2 Å². The summed E-state index contributed by atoms with van der Waals surface area (Å²) in [6, 6.07) is 0. The Balaban J connectivity index is 3.25. The van der Waals surface area contributed by atoms with E-state index < -0.39 is 6.10 Å². The fourth-order valence-corrected chi connectivity index (χ4v) is 2.30. The molecule has 4 nitrogen and oxygen atoms in total. The number of allylic oxidation sites excluding steroid dienone is 2. The predicted molar refractivity (Wildman–Crippen MR) is 94.3 cm³/mol. The minimum Gasteiger partial charge on any atom is -0.463 e. The molecule has 4 heteroatoms. The first-order valence-electron chi connectivity index (χ1n) is 9.30. The van der Waals surface area contributed by atoms with Gasteiger partial charge in [-0.2, -0.15) is 0 Å². The summed E-state index contributed by atoms with van der Waals surface area (Å²) in [7, 11) is 0. The Hall–Kier alpha value is -0.870. The quantitative estimate of drug-likeness (QED) is 0.254. The molecule has 0 saturated heterocycles. The maximum atomic E-state index is 11.3. The first-order chi connectivity index (χ1) is 11.2. The normalized spacial score (nSPS) is 12.7. The van der Waals surface area contributed by atoms with Gasteiger partial charge in [-0.3, -0.25) is 4.79 Å². The summed E-state index contributed by atoms with van der Waals surface area (Å²) in [5.41, 5.74) is 0. The number of unbranched alkanes of at least 4 members (excludes halogenated alkanes) is 9. The standard InChI is InChI=1S/C19H36O4/c1-2-3-4-5-6-7-8-9-10-11-12-13-14-15-19(22)23-17-18(21)16-20/h9-10,18,20-21H,2-8,11-17H2,1H3/b10-9+/t18-/m0/s1. The van der Waals surface area contributed by atoms with E-state index in [1.807, 2.05) is 0 Å². The third-order valence-electron chi connectivity index (χ3n) is 3.79. The second-order valence-corrected chi connectivity index (χ2v) is 6.15. The van der Waals surface area contributed by atoms with Crippen LogP contribution in [0.5, 0.6) is 0 Å². The van der Waals surface area contributed by atoms with Gasteiger partial charge in [-0.1, -0.05) is 57.6 Å². The lowest BCUT2D eigenvalue weighted by molar-refractivity contribution is -0.147. The molecule has 0 rings (SSSR count). The van der Waals surface area contributed by atoms with Gasteiger partial charge in [0.05, 0.1) is 6.61 Å². The molecule has 0 bridgehead atoms. The molecule has 2 N–H and O–H groups in total. The number of carbonyl (C=O) groups excluding carboxylic acids is 1. The first-order valence-corrected chi connectivity index (χ1v) is 9.30. The van der Waals surface area contributed by atoms with Crippen LogP contribution >= 0.6 is 0 Å². The van der Waals surface area contributed by atoms with Crippen LogP contribution in [-0.2, 0) is 9.53 Å². The van der Waals surface area contributed by atoms with Crippen LogP contribution in [0.3, 0.4) is 0 Å². The number of hydrogen-bond donors (Lipinski definition) is 2. The van der Waals surface area contributed by atoms with Gasteiger partial charge in [0.1, 0.15) is 12.7 Å². The fraction of sp³-hybridized carbons (Fsp3) is 0.842. The number of aliphatic hydroxyl groups is 2. The highest BCUT2D eigenvalue weighted by Gasteiger charge is 2.07. The number of aliphatic hydroxyl groups excluding tert-OH is 2. The van der Waals surface area contributed by atoms with Crippen molar-refractivity contribution in [2.24, 2.45) is 0 Å². The van der Waals surface area contributed by atoms with E-state index in [2.05, 4.69) is 19.1 Å². The van der Waals surface area contributed by atoms with Gasteiger partial charge in [0.2, 0.25) is 0 Å². The zero-order valence-electron chi connectivity index (χ0n) is 14.8. The highest BCUT2D eigenvalue weighted by molar-refractivity contribution is 5.69. The van der Waals surface area contributed by atoms with Gasteiger partial charge in [-0.15, -0.1) is 0 Å². The van der Waals surface area contributed by atoms with Crippen molar-refractivity contribution in [1.82, 2.24) is 0 Å². The topological polar surface area (TPSA) is 66.8 Å². The average Bonchev–Trinajstić information content (AvgIpc) is 2.56. The van der Waals surface area contributed by atoms with Crippen molar-refractivity contribution in [3.63, 3.8) is 0 Å². The molecule has 23 heavy (non-hydrogen) atoms.